The molecule has 1 N–H and O–H groups in total. The summed E-state index contributed by atoms with van der Waals surface area (Å²) in [4.78, 5) is 15.5. The number of aromatic nitrogens is 1. The number of amides is 1. The normalized spacial score (nSPS) is 17.6. The third kappa shape index (κ3) is 1.78. The molecule has 0 aromatic carbocycles. The maximum atomic E-state index is 13.2. The molecule has 1 aliphatic carbocycles. The highest BCUT2D eigenvalue weighted by atomic mass is 19.1. The Morgan fingerprint density at radius 2 is 2.38 bits per heavy atom. The van der Waals surface area contributed by atoms with Crippen LogP contribution in [0.1, 0.15) is 19.3 Å². The monoisotopic (exact) mass is 224 g/mol. The first kappa shape index (κ1) is 11.0. The van der Waals surface area contributed by atoms with Crippen LogP contribution in [0.5, 0.6) is 0 Å². The van der Waals surface area contributed by atoms with Crippen LogP contribution in [0, 0.1) is 5.82 Å². The molecule has 0 aliphatic heterocycles. The van der Waals surface area contributed by atoms with Crippen molar-refractivity contribution in [3.05, 3.63) is 24.3 Å². The number of nitrogens with zero attached hydrogens (tertiary/aromatic N) is 1. The highest BCUT2D eigenvalue weighted by Gasteiger charge is 2.44. The van der Waals surface area contributed by atoms with Crippen molar-refractivity contribution < 1.29 is 13.9 Å². The Kier molecular flexibility index (Phi) is 2.87. The molecule has 1 aromatic rings. The maximum Gasteiger partial charge on any atom is 0.256 e. The van der Waals surface area contributed by atoms with Crippen molar-refractivity contribution >= 4 is 11.6 Å². The van der Waals surface area contributed by atoms with Crippen LogP contribution in [0.4, 0.5) is 10.1 Å². The van der Waals surface area contributed by atoms with Gasteiger partial charge in [0.25, 0.3) is 5.91 Å². The van der Waals surface area contributed by atoms with E-state index in [9.17, 15) is 9.18 Å². The van der Waals surface area contributed by atoms with Gasteiger partial charge >= 0.3 is 0 Å². The van der Waals surface area contributed by atoms with Crippen molar-refractivity contribution in [3.8, 4) is 0 Å². The van der Waals surface area contributed by atoms with E-state index in [0.717, 1.165) is 12.6 Å². The minimum atomic E-state index is -0.768. The molecule has 0 bridgehead atoms. The Morgan fingerprint density at radius 3 is 2.88 bits per heavy atom. The molecule has 0 saturated heterocycles. The van der Waals surface area contributed by atoms with Crippen molar-refractivity contribution in [2.45, 2.75) is 24.9 Å². The zero-order valence-corrected chi connectivity index (χ0v) is 9.00. The van der Waals surface area contributed by atoms with Crippen molar-refractivity contribution in [2.75, 3.05) is 12.4 Å². The van der Waals surface area contributed by atoms with E-state index in [4.69, 9.17) is 4.74 Å². The zero-order chi connectivity index (χ0) is 11.6. The zero-order valence-electron chi connectivity index (χ0n) is 9.00. The number of carbonyl (C=O) groups is 1. The third-order valence-electron chi connectivity index (χ3n) is 2.99. The topological polar surface area (TPSA) is 51.2 Å². The lowest BCUT2D eigenvalue weighted by Crippen LogP contribution is -2.50. The minimum Gasteiger partial charge on any atom is -0.368 e. The summed E-state index contributed by atoms with van der Waals surface area (Å²) < 4.78 is 18.4. The molecule has 0 unspecified atom stereocenters. The molecule has 0 atom stereocenters. The summed E-state index contributed by atoms with van der Waals surface area (Å²) >= 11 is 0. The van der Waals surface area contributed by atoms with Gasteiger partial charge in [-0.05, 0) is 25.3 Å². The standard InChI is InChI=1S/C11H13FN2O2/c1-16-11(4-2-5-11)10(15)14-9-3-6-13-7-8(9)12/h3,6-7H,2,4-5H2,1H3,(H,13,14,15). The van der Waals surface area contributed by atoms with Crippen LogP contribution >= 0.6 is 0 Å². The van der Waals surface area contributed by atoms with Gasteiger partial charge in [-0.15, -0.1) is 0 Å². The van der Waals surface area contributed by atoms with Gasteiger partial charge in [0, 0.05) is 13.3 Å². The molecular weight excluding hydrogens is 211 g/mol. The molecule has 2 rings (SSSR count). The molecule has 0 radical (unpaired) electrons. The molecule has 1 amide bonds. The van der Waals surface area contributed by atoms with Crippen molar-refractivity contribution in [3.63, 3.8) is 0 Å². The molecule has 0 spiro atoms. The van der Waals surface area contributed by atoms with Crippen LogP contribution in [0.25, 0.3) is 0 Å². The molecule has 1 saturated carbocycles. The van der Waals surface area contributed by atoms with Crippen LogP contribution in [-0.2, 0) is 9.53 Å². The van der Waals surface area contributed by atoms with E-state index in [1.807, 2.05) is 0 Å². The minimum absolute atomic E-state index is 0.142. The molecule has 86 valence electrons. The number of methoxy groups -OCH3 is 1. The number of halogens is 1. The summed E-state index contributed by atoms with van der Waals surface area (Å²) in [5.74, 6) is -0.826. The number of hydrogen-bond donors (Lipinski definition) is 1. The Labute approximate surface area is 92.8 Å². The lowest BCUT2D eigenvalue weighted by Gasteiger charge is -2.38. The molecule has 1 fully saturated rings. The second-order valence-electron chi connectivity index (χ2n) is 3.86. The summed E-state index contributed by atoms with van der Waals surface area (Å²) in [6.45, 7) is 0. The first-order chi connectivity index (χ1) is 7.68. The number of pyridine rings is 1. The molecule has 1 aliphatic rings. The van der Waals surface area contributed by atoms with Crippen molar-refractivity contribution in [1.82, 2.24) is 4.98 Å². The van der Waals surface area contributed by atoms with Gasteiger partial charge in [0.2, 0.25) is 0 Å². The predicted octanol–water partition coefficient (Wildman–Crippen LogP) is 1.73. The lowest BCUT2D eigenvalue weighted by atomic mass is 9.79. The van der Waals surface area contributed by atoms with Crippen molar-refractivity contribution in [1.29, 1.82) is 0 Å². The van der Waals surface area contributed by atoms with E-state index in [0.29, 0.717) is 12.8 Å². The Balaban J connectivity index is 2.10. The summed E-state index contributed by atoms with van der Waals surface area (Å²) in [6, 6.07) is 1.43. The van der Waals surface area contributed by atoms with Crippen LogP contribution in [0.3, 0.4) is 0 Å². The third-order valence-corrected chi connectivity index (χ3v) is 2.99. The summed E-state index contributed by atoms with van der Waals surface area (Å²) in [7, 11) is 1.50. The lowest BCUT2D eigenvalue weighted by molar-refractivity contribution is -0.148. The van der Waals surface area contributed by atoms with Gasteiger partial charge in [0.1, 0.15) is 5.60 Å². The van der Waals surface area contributed by atoms with Gasteiger partial charge in [0.05, 0.1) is 11.9 Å². The molecule has 4 nitrogen and oxygen atoms in total. The second kappa shape index (κ2) is 4.17. The quantitative estimate of drug-likeness (QED) is 0.850. The largest absolute Gasteiger partial charge is 0.368 e. The van der Waals surface area contributed by atoms with Gasteiger partial charge < -0.3 is 10.1 Å². The summed E-state index contributed by atoms with van der Waals surface area (Å²) in [5, 5.41) is 2.52. The number of anilines is 1. The summed E-state index contributed by atoms with van der Waals surface area (Å²) in [6.07, 6.45) is 4.82. The molecular formula is C11H13FN2O2. The second-order valence-corrected chi connectivity index (χ2v) is 3.86. The summed E-state index contributed by atoms with van der Waals surface area (Å²) in [5.41, 5.74) is -0.626. The number of nitrogens with one attached hydrogen (secondary N) is 1. The number of hydrogen-bond acceptors (Lipinski definition) is 3. The molecule has 5 heteroatoms. The maximum absolute atomic E-state index is 13.2. The van der Waals surface area contributed by atoms with Gasteiger partial charge in [-0.2, -0.15) is 0 Å². The molecule has 1 aromatic heterocycles. The van der Waals surface area contributed by atoms with Crippen LogP contribution in [0.15, 0.2) is 18.5 Å². The average molecular weight is 224 g/mol. The average Bonchev–Trinajstić information content (AvgIpc) is 2.21. The molecule has 1 heterocycles. The highest BCUT2D eigenvalue weighted by molar-refractivity contribution is 5.98. The van der Waals surface area contributed by atoms with Crippen LogP contribution in [-0.4, -0.2) is 23.6 Å². The van der Waals surface area contributed by atoms with Crippen molar-refractivity contribution in [2.24, 2.45) is 0 Å². The van der Waals surface area contributed by atoms with E-state index >= 15 is 0 Å². The first-order valence-electron chi connectivity index (χ1n) is 5.14. The SMILES string of the molecule is COC1(C(=O)Nc2ccncc2F)CCC1. The van der Waals surface area contributed by atoms with E-state index in [-0.39, 0.29) is 11.6 Å². The van der Waals surface area contributed by atoms with E-state index in [1.165, 1.54) is 19.4 Å². The number of carbonyl (C=O) groups excluding carboxylic acids is 1. The fourth-order valence-corrected chi connectivity index (χ4v) is 1.73. The predicted molar refractivity (Wildman–Crippen MR) is 56.4 cm³/mol. The van der Waals surface area contributed by atoms with E-state index in [1.54, 1.807) is 0 Å². The smallest absolute Gasteiger partial charge is 0.256 e. The highest BCUT2D eigenvalue weighted by Crippen LogP contribution is 2.36. The van der Waals surface area contributed by atoms with E-state index < -0.39 is 11.4 Å². The van der Waals surface area contributed by atoms with Gasteiger partial charge in [-0.25, -0.2) is 4.39 Å². The Bertz CT molecular complexity index is 399. The first-order valence-corrected chi connectivity index (χ1v) is 5.14. The van der Waals surface area contributed by atoms with Crippen LogP contribution in [0.2, 0.25) is 0 Å². The van der Waals surface area contributed by atoms with Gasteiger partial charge in [-0.1, -0.05) is 0 Å². The van der Waals surface area contributed by atoms with Gasteiger partial charge in [0.15, 0.2) is 5.82 Å². The Morgan fingerprint density at radius 1 is 1.62 bits per heavy atom. The number of ether oxygens (including phenoxy) is 1. The van der Waals surface area contributed by atoms with Gasteiger partial charge in [-0.3, -0.25) is 9.78 Å². The fraction of sp³-hybridized carbons (Fsp3) is 0.455. The number of rotatable bonds is 3. The van der Waals surface area contributed by atoms with E-state index in [2.05, 4.69) is 10.3 Å². The Hall–Kier alpha value is -1.49. The van der Waals surface area contributed by atoms with Crippen LogP contribution < -0.4 is 5.32 Å². The fourth-order valence-electron chi connectivity index (χ4n) is 1.73. The molecule has 16 heavy (non-hydrogen) atoms.